The molecule has 0 amide bonds. The van der Waals surface area contributed by atoms with Gasteiger partial charge in [0, 0.05) is 0 Å². The number of ether oxygens (including phenoxy) is 1. The maximum absolute atomic E-state index is 8.81. The molecule has 1 rings (SSSR count). The van der Waals surface area contributed by atoms with Crippen LogP contribution in [0.2, 0.25) is 0 Å². The first-order valence-electron chi connectivity index (χ1n) is 3.56. The highest BCUT2D eigenvalue weighted by Gasteiger charge is 1.89. The summed E-state index contributed by atoms with van der Waals surface area (Å²) in [5.41, 5.74) is 0.575. The molecule has 54 valence electrons. The molecule has 0 fully saturated rings. The average Bonchev–Trinajstić information content (AvgIpc) is 2.05. The molecule has 0 aliphatic rings. The minimum atomic E-state index is -1.15. The van der Waals surface area contributed by atoms with E-state index in [4.69, 9.17) is 11.2 Å². The number of methoxy groups -OCH3 is 1. The van der Waals surface area contributed by atoms with Gasteiger partial charge in [-0.25, -0.2) is 0 Å². The Hall–Kier alpha value is -1.02. The first kappa shape index (κ1) is 5.74. The van der Waals surface area contributed by atoms with Crippen LogP contribution in [0.3, 0.4) is 0 Å². The fraction of sp³-hybridized carbons (Fsp3) is 0.250. The van der Waals surface area contributed by atoms with Gasteiger partial charge in [0.05, 0.1) is 15.1 Å². The summed E-state index contributed by atoms with van der Waals surface area (Å²) in [5.74, 6) is 0.731. The highest BCUT2D eigenvalue weighted by molar-refractivity contribution is 5.26. The van der Waals surface area contributed by atoms with Crippen molar-refractivity contribution in [2.75, 3.05) is 7.11 Å². The van der Waals surface area contributed by atoms with Crippen LogP contribution in [0.4, 0.5) is 0 Å². The third kappa shape index (κ3) is 1.48. The van der Waals surface area contributed by atoms with Crippen LogP contribution in [0.15, 0.2) is 24.3 Å². The molecular weight excluding hydrogens is 128 g/mol. The lowest BCUT2D eigenvalue weighted by Crippen LogP contribution is -1.84. The van der Waals surface area contributed by atoms with Crippen molar-refractivity contribution in [3.8, 4) is 5.75 Å². The van der Waals surface area contributed by atoms with E-state index >= 15 is 0 Å². The van der Waals surface area contributed by atoms with E-state index < -0.39 is 6.58 Å². The quantitative estimate of drug-likeness (QED) is 0.666. The third-order valence-electron chi connectivity index (χ3n) is 1.26. The van der Waals surface area contributed by atoms with Crippen molar-refractivity contribution in [1.29, 1.82) is 0 Å². The van der Waals surface area contributed by atoms with Crippen LogP contribution < -0.4 is 4.74 Å². The second-order valence-electron chi connectivity index (χ2n) is 1.90. The Balaban J connectivity index is 2.83. The number of aliphatic hydroxyl groups is 1. The van der Waals surface area contributed by atoms with Gasteiger partial charge in [-0.15, -0.1) is 0 Å². The third-order valence-corrected chi connectivity index (χ3v) is 1.26. The smallest absolute Gasteiger partial charge is 0.118 e. The predicted octanol–water partition coefficient (Wildman–Crippen LogP) is 1.19. The minimum absolute atomic E-state index is 0.575. The van der Waals surface area contributed by atoms with Crippen molar-refractivity contribution in [3.63, 3.8) is 0 Å². The van der Waals surface area contributed by atoms with Crippen molar-refractivity contribution in [2.45, 2.75) is 6.58 Å². The fourth-order valence-electron chi connectivity index (χ4n) is 0.690. The molecule has 1 aromatic rings. The molecule has 1 aromatic carbocycles. The van der Waals surface area contributed by atoms with E-state index in [0.29, 0.717) is 5.56 Å². The Morgan fingerprint density at radius 2 is 2.10 bits per heavy atom. The molecule has 0 aliphatic carbocycles. The van der Waals surface area contributed by atoms with Gasteiger partial charge in [-0.2, -0.15) is 0 Å². The summed E-state index contributed by atoms with van der Waals surface area (Å²) in [6.45, 7) is -1.15. The number of hydrogen-bond acceptors (Lipinski definition) is 2. The van der Waals surface area contributed by atoms with Crippen LogP contribution in [0.1, 0.15) is 6.93 Å². The maximum Gasteiger partial charge on any atom is 0.118 e. The van der Waals surface area contributed by atoms with Gasteiger partial charge < -0.3 is 9.84 Å². The molecule has 0 saturated carbocycles. The van der Waals surface area contributed by atoms with Gasteiger partial charge in [-0.3, -0.25) is 0 Å². The Morgan fingerprint density at radius 1 is 1.50 bits per heavy atom. The molecule has 1 N–H and O–H groups in total. The van der Waals surface area contributed by atoms with E-state index in [1.165, 1.54) is 0 Å². The van der Waals surface area contributed by atoms with E-state index in [9.17, 15) is 0 Å². The summed E-state index contributed by atoms with van der Waals surface area (Å²) in [7, 11) is 1.58. The number of aliphatic hydroxyl groups excluding tert-OH is 1. The topological polar surface area (TPSA) is 29.5 Å². The molecule has 0 spiro atoms. The minimum Gasteiger partial charge on any atom is -0.497 e. The summed E-state index contributed by atoms with van der Waals surface area (Å²) < 4.78 is 11.9. The molecule has 0 saturated heterocycles. The Kier molecular flexibility index (Phi) is 1.85. The van der Waals surface area contributed by atoms with Crippen molar-refractivity contribution < 1.29 is 11.2 Å². The molecule has 0 heterocycles. The van der Waals surface area contributed by atoms with E-state index in [0.717, 1.165) is 5.75 Å². The number of rotatable bonds is 2. The predicted molar refractivity (Wildman–Crippen MR) is 38.9 cm³/mol. The molecule has 0 bridgehead atoms. The molecule has 0 unspecified atom stereocenters. The summed E-state index contributed by atoms with van der Waals surface area (Å²) in [5, 5.41) is 8.81. The summed E-state index contributed by atoms with van der Waals surface area (Å²) in [6, 6.07) is 6.76. The molecular formula is C8H10O2. The number of benzene rings is 1. The van der Waals surface area contributed by atoms with Crippen molar-refractivity contribution in [1.82, 2.24) is 0 Å². The lowest BCUT2D eigenvalue weighted by Gasteiger charge is -1.98. The van der Waals surface area contributed by atoms with E-state index in [2.05, 4.69) is 0 Å². The highest BCUT2D eigenvalue weighted by Crippen LogP contribution is 2.10. The molecule has 2 nitrogen and oxygen atoms in total. The SMILES string of the molecule is [2H][C@@H](O)c1ccc(OC)cc1. The molecule has 0 aromatic heterocycles. The van der Waals surface area contributed by atoms with Gasteiger partial charge in [0.25, 0.3) is 0 Å². The molecule has 2 heteroatoms. The first-order chi connectivity index (χ1) is 5.24. The standard InChI is InChI=1S/C8H10O2/c1-10-8-4-2-7(6-9)3-5-8/h2-5,9H,6H2,1H3/i6D/t6-/m1/s1. The van der Waals surface area contributed by atoms with Crippen LogP contribution in [0.5, 0.6) is 5.75 Å². The van der Waals surface area contributed by atoms with Gasteiger partial charge in [-0.05, 0) is 17.7 Å². The summed E-state index contributed by atoms with van der Waals surface area (Å²) >= 11 is 0. The largest absolute Gasteiger partial charge is 0.497 e. The van der Waals surface area contributed by atoms with E-state index in [-0.39, 0.29) is 0 Å². The van der Waals surface area contributed by atoms with E-state index in [1.54, 1.807) is 31.4 Å². The summed E-state index contributed by atoms with van der Waals surface area (Å²) in [4.78, 5) is 0. The van der Waals surface area contributed by atoms with E-state index in [1.807, 2.05) is 0 Å². The monoisotopic (exact) mass is 139 g/mol. The van der Waals surface area contributed by atoms with Crippen LogP contribution in [0.25, 0.3) is 0 Å². The van der Waals surface area contributed by atoms with Gasteiger partial charge in [0.15, 0.2) is 0 Å². The van der Waals surface area contributed by atoms with Crippen LogP contribution in [-0.4, -0.2) is 12.2 Å². The van der Waals surface area contributed by atoms with Gasteiger partial charge in [-0.1, -0.05) is 12.1 Å². The Labute approximate surface area is 61.5 Å². The molecule has 0 radical (unpaired) electrons. The molecule has 1 atom stereocenters. The summed E-state index contributed by atoms with van der Waals surface area (Å²) in [6.07, 6.45) is 0. The zero-order chi connectivity index (χ0) is 8.27. The van der Waals surface area contributed by atoms with Crippen molar-refractivity contribution in [2.24, 2.45) is 0 Å². The Morgan fingerprint density at radius 3 is 2.50 bits per heavy atom. The van der Waals surface area contributed by atoms with Gasteiger partial charge in [0.2, 0.25) is 0 Å². The fourth-order valence-corrected chi connectivity index (χ4v) is 0.690. The Bertz CT molecular complexity index is 218. The van der Waals surface area contributed by atoms with Crippen LogP contribution in [-0.2, 0) is 6.58 Å². The zero-order valence-corrected chi connectivity index (χ0v) is 5.74. The maximum atomic E-state index is 8.81. The van der Waals surface area contributed by atoms with Crippen LogP contribution >= 0.6 is 0 Å². The zero-order valence-electron chi connectivity index (χ0n) is 6.74. The lowest BCUT2D eigenvalue weighted by atomic mass is 10.2. The van der Waals surface area contributed by atoms with Crippen molar-refractivity contribution >= 4 is 0 Å². The molecule has 10 heavy (non-hydrogen) atoms. The molecule has 0 aliphatic heterocycles. The normalized spacial score (nSPS) is 14.0. The van der Waals surface area contributed by atoms with Crippen molar-refractivity contribution in [3.05, 3.63) is 29.8 Å². The lowest BCUT2D eigenvalue weighted by molar-refractivity contribution is 0.281. The average molecular weight is 139 g/mol. The van der Waals surface area contributed by atoms with Gasteiger partial charge >= 0.3 is 0 Å². The van der Waals surface area contributed by atoms with Crippen LogP contribution in [0, 0.1) is 0 Å². The first-order valence-corrected chi connectivity index (χ1v) is 2.98. The highest BCUT2D eigenvalue weighted by atomic mass is 16.5. The van der Waals surface area contributed by atoms with Gasteiger partial charge in [0.1, 0.15) is 5.75 Å². The number of hydrogen-bond donors (Lipinski definition) is 1. The second kappa shape index (κ2) is 3.22. The second-order valence-corrected chi connectivity index (χ2v) is 1.90.